The predicted molar refractivity (Wildman–Crippen MR) is 101 cm³/mol. The maximum absolute atomic E-state index is 13.0. The monoisotopic (exact) mass is 365 g/mol. The van der Waals surface area contributed by atoms with Crippen LogP contribution in [0.2, 0.25) is 0 Å². The lowest BCUT2D eigenvalue weighted by Gasteiger charge is -2.35. The smallest absolute Gasteiger partial charge is 0.230 e. The molecule has 1 aromatic heterocycles. The third-order valence-corrected chi connectivity index (χ3v) is 5.26. The van der Waals surface area contributed by atoms with Crippen molar-refractivity contribution in [1.29, 1.82) is 0 Å². The van der Waals surface area contributed by atoms with Crippen LogP contribution >= 0.6 is 0 Å². The van der Waals surface area contributed by atoms with Gasteiger partial charge >= 0.3 is 0 Å². The number of ether oxygens (including phenoxy) is 1. The lowest BCUT2D eigenvalue weighted by Crippen LogP contribution is -2.44. The number of rotatable bonds is 4. The predicted octanol–water partition coefficient (Wildman–Crippen LogP) is 2.72. The summed E-state index contributed by atoms with van der Waals surface area (Å²) in [7, 11) is 0. The van der Waals surface area contributed by atoms with Crippen molar-refractivity contribution in [1.82, 2.24) is 9.88 Å². The summed E-state index contributed by atoms with van der Waals surface area (Å²) in [6.07, 6.45) is 5.55. The minimum absolute atomic E-state index is 0.0445. The number of pyridine rings is 1. The van der Waals surface area contributed by atoms with Gasteiger partial charge in [0.25, 0.3) is 0 Å². The number of fused-ring (bicyclic) bond motifs is 1. The fourth-order valence-electron chi connectivity index (χ4n) is 3.79. The van der Waals surface area contributed by atoms with Crippen LogP contribution in [-0.2, 0) is 20.9 Å². The van der Waals surface area contributed by atoms with Gasteiger partial charge in [0, 0.05) is 37.6 Å². The second kappa shape index (κ2) is 7.88. The second-order valence-corrected chi connectivity index (χ2v) is 7.09. The van der Waals surface area contributed by atoms with Crippen LogP contribution in [0.15, 0.2) is 48.8 Å². The molecule has 140 valence electrons. The van der Waals surface area contributed by atoms with Gasteiger partial charge in [-0.2, -0.15) is 0 Å². The second-order valence-electron chi connectivity index (χ2n) is 7.09. The molecule has 0 saturated carbocycles. The fraction of sp³-hybridized carbons (Fsp3) is 0.381. The Labute approximate surface area is 158 Å². The number of benzene rings is 1. The quantitative estimate of drug-likeness (QED) is 0.904. The highest BCUT2D eigenvalue weighted by atomic mass is 16.5. The molecule has 6 nitrogen and oxygen atoms in total. The minimum Gasteiger partial charge on any atom is -0.373 e. The Hall–Kier alpha value is -2.73. The van der Waals surface area contributed by atoms with Gasteiger partial charge in [0.2, 0.25) is 11.8 Å². The van der Waals surface area contributed by atoms with Crippen molar-refractivity contribution in [2.45, 2.75) is 37.9 Å². The molecule has 2 aliphatic heterocycles. The van der Waals surface area contributed by atoms with E-state index in [-0.39, 0.29) is 30.3 Å². The molecule has 2 aromatic rings. The SMILES string of the molecule is O=C1C[C@H](C(=O)N2CCC(OCc3cccnc3)CC2)c2ccccc2N1. The van der Waals surface area contributed by atoms with E-state index < -0.39 is 0 Å². The zero-order valence-electron chi connectivity index (χ0n) is 15.1. The Kier molecular flexibility index (Phi) is 5.16. The minimum atomic E-state index is -0.386. The van der Waals surface area contributed by atoms with Crippen LogP contribution in [0.5, 0.6) is 0 Å². The maximum atomic E-state index is 13.0. The summed E-state index contributed by atoms with van der Waals surface area (Å²) in [5.74, 6) is -0.437. The highest BCUT2D eigenvalue weighted by Gasteiger charge is 2.34. The Morgan fingerprint density at radius 3 is 2.78 bits per heavy atom. The van der Waals surface area contributed by atoms with Gasteiger partial charge in [-0.05, 0) is 36.1 Å². The van der Waals surface area contributed by atoms with Gasteiger partial charge in [-0.1, -0.05) is 24.3 Å². The van der Waals surface area contributed by atoms with Crippen molar-refractivity contribution < 1.29 is 14.3 Å². The van der Waals surface area contributed by atoms with Crippen LogP contribution in [0.4, 0.5) is 5.69 Å². The molecule has 3 heterocycles. The summed E-state index contributed by atoms with van der Waals surface area (Å²) in [5.41, 5.74) is 2.72. The van der Waals surface area contributed by atoms with E-state index in [0.29, 0.717) is 19.7 Å². The first-order valence-electron chi connectivity index (χ1n) is 9.39. The average Bonchev–Trinajstić information content (AvgIpc) is 2.72. The topological polar surface area (TPSA) is 71.5 Å². The van der Waals surface area contributed by atoms with Gasteiger partial charge in [0.05, 0.1) is 18.6 Å². The number of piperidine rings is 1. The lowest BCUT2D eigenvalue weighted by atomic mass is 9.88. The largest absolute Gasteiger partial charge is 0.373 e. The number of amides is 2. The van der Waals surface area contributed by atoms with E-state index in [0.717, 1.165) is 29.7 Å². The fourth-order valence-corrected chi connectivity index (χ4v) is 3.79. The van der Waals surface area contributed by atoms with Gasteiger partial charge < -0.3 is 15.0 Å². The molecule has 4 rings (SSSR count). The Morgan fingerprint density at radius 1 is 1.19 bits per heavy atom. The number of hydrogen-bond donors (Lipinski definition) is 1. The van der Waals surface area contributed by atoms with Gasteiger partial charge in [-0.3, -0.25) is 14.6 Å². The van der Waals surface area contributed by atoms with Crippen LogP contribution in [0.25, 0.3) is 0 Å². The lowest BCUT2D eigenvalue weighted by molar-refractivity contribution is -0.137. The van der Waals surface area contributed by atoms with E-state index in [4.69, 9.17) is 4.74 Å². The number of nitrogens with zero attached hydrogens (tertiary/aromatic N) is 2. The van der Waals surface area contributed by atoms with Crippen molar-refractivity contribution >= 4 is 17.5 Å². The molecule has 1 aromatic carbocycles. The molecule has 2 amide bonds. The first kappa shape index (κ1) is 17.7. The molecule has 0 aliphatic carbocycles. The van der Waals surface area contributed by atoms with E-state index >= 15 is 0 Å². The standard InChI is InChI=1S/C21H23N3O3/c25-20-12-18(17-5-1-2-6-19(17)23-20)21(26)24-10-7-16(8-11-24)27-14-15-4-3-9-22-13-15/h1-6,9,13,16,18H,7-8,10-12,14H2,(H,23,25)/t18-/m0/s1. The highest BCUT2D eigenvalue weighted by Crippen LogP contribution is 2.34. The van der Waals surface area contributed by atoms with Gasteiger partial charge in [-0.15, -0.1) is 0 Å². The number of hydrogen-bond acceptors (Lipinski definition) is 4. The normalized spacial score (nSPS) is 20.1. The first-order valence-corrected chi connectivity index (χ1v) is 9.39. The van der Waals surface area contributed by atoms with E-state index in [1.165, 1.54) is 0 Å². The number of carbonyl (C=O) groups excluding carboxylic acids is 2. The number of para-hydroxylation sites is 1. The number of aromatic nitrogens is 1. The van der Waals surface area contributed by atoms with Gasteiger partial charge in [-0.25, -0.2) is 0 Å². The molecule has 27 heavy (non-hydrogen) atoms. The number of nitrogens with one attached hydrogen (secondary N) is 1. The summed E-state index contributed by atoms with van der Waals surface area (Å²) in [5, 5.41) is 2.85. The first-order chi connectivity index (χ1) is 13.2. The van der Waals surface area contributed by atoms with E-state index in [9.17, 15) is 9.59 Å². The van der Waals surface area contributed by atoms with Crippen molar-refractivity contribution in [3.05, 3.63) is 59.9 Å². The molecule has 6 heteroatoms. The van der Waals surface area contributed by atoms with E-state index in [1.54, 1.807) is 6.20 Å². The summed E-state index contributed by atoms with van der Waals surface area (Å²) in [6, 6.07) is 11.5. The zero-order chi connectivity index (χ0) is 18.6. The van der Waals surface area contributed by atoms with Crippen LogP contribution in [0.3, 0.4) is 0 Å². The molecular formula is C21H23N3O3. The summed E-state index contributed by atoms with van der Waals surface area (Å²) in [4.78, 5) is 31.0. The highest BCUT2D eigenvalue weighted by molar-refractivity contribution is 6.01. The van der Waals surface area contributed by atoms with Crippen molar-refractivity contribution in [2.24, 2.45) is 0 Å². The van der Waals surface area contributed by atoms with Crippen LogP contribution in [0.1, 0.15) is 36.3 Å². The van der Waals surface area contributed by atoms with Crippen molar-refractivity contribution in [3.8, 4) is 0 Å². The molecule has 0 bridgehead atoms. The molecule has 1 N–H and O–H groups in total. The molecule has 0 unspecified atom stereocenters. The molecular weight excluding hydrogens is 342 g/mol. The Balaban J connectivity index is 1.34. The van der Waals surface area contributed by atoms with Crippen molar-refractivity contribution in [2.75, 3.05) is 18.4 Å². The summed E-state index contributed by atoms with van der Waals surface area (Å²) in [6.45, 7) is 1.87. The Bertz CT molecular complexity index is 816. The molecule has 0 spiro atoms. The molecule has 1 fully saturated rings. The average molecular weight is 365 g/mol. The molecule has 1 saturated heterocycles. The van der Waals surface area contributed by atoms with Crippen LogP contribution < -0.4 is 5.32 Å². The van der Waals surface area contributed by atoms with Gasteiger partial charge in [0.1, 0.15) is 0 Å². The van der Waals surface area contributed by atoms with E-state index in [1.807, 2.05) is 47.5 Å². The number of anilines is 1. The zero-order valence-corrected chi connectivity index (χ0v) is 15.1. The molecule has 1 atom stereocenters. The third-order valence-electron chi connectivity index (χ3n) is 5.26. The van der Waals surface area contributed by atoms with E-state index in [2.05, 4.69) is 10.3 Å². The molecule has 2 aliphatic rings. The summed E-state index contributed by atoms with van der Waals surface area (Å²) < 4.78 is 5.97. The van der Waals surface area contributed by atoms with Gasteiger partial charge in [0.15, 0.2) is 0 Å². The maximum Gasteiger partial charge on any atom is 0.230 e. The Morgan fingerprint density at radius 2 is 2.00 bits per heavy atom. The molecule has 0 radical (unpaired) electrons. The van der Waals surface area contributed by atoms with Crippen LogP contribution in [-0.4, -0.2) is 40.9 Å². The van der Waals surface area contributed by atoms with Crippen molar-refractivity contribution in [3.63, 3.8) is 0 Å². The number of carbonyl (C=O) groups is 2. The summed E-state index contributed by atoms with van der Waals surface area (Å²) >= 11 is 0. The van der Waals surface area contributed by atoms with Crippen LogP contribution in [0, 0.1) is 0 Å². The number of likely N-dealkylation sites (tertiary alicyclic amines) is 1. The third kappa shape index (κ3) is 4.01.